The second kappa shape index (κ2) is 21.3. The molecule has 5 saturated heterocycles. The maximum absolute atomic E-state index is 15.2. The number of anilines is 1. The lowest BCUT2D eigenvalue weighted by Gasteiger charge is -2.45. The Balaban J connectivity index is 1.01. The molecule has 7 aliphatic rings. The van der Waals surface area contributed by atoms with Crippen LogP contribution >= 0.6 is 0 Å². The molecule has 4 aromatic rings. The highest BCUT2D eigenvalue weighted by molar-refractivity contribution is 5.96. The summed E-state index contributed by atoms with van der Waals surface area (Å²) in [7, 11) is 0. The van der Waals surface area contributed by atoms with Crippen LogP contribution in [0.2, 0.25) is 0 Å². The number of likely N-dealkylation sites (tertiary alicyclic amines) is 1. The molecule has 5 atom stereocenters. The van der Waals surface area contributed by atoms with Crippen molar-refractivity contribution in [3.8, 4) is 22.4 Å². The monoisotopic (exact) mass is 1010 g/mol. The third kappa shape index (κ3) is 10.3. The molecule has 2 aromatic carbocycles. The van der Waals surface area contributed by atoms with Gasteiger partial charge in [0.15, 0.2) is 0 Å². The highest BCUT2D eigenvalue weighted by atomic mass is 19.1. The first kappa shape index (κ1) is 51.2. The average molecular weight is 1010 g/mol. The number of aromatic nitrogens is 2. The first-order valence-electron chi connectivity index (χ1n) is 28.6. The molecule has 1 aliphatic carbocycles. The van der Waals surface area contributed by atoms with Crippen molar-refractivity contribution < 1.29 is 23.5 Å². The van der Waals surface area contributed by atoms with Crippen LogP contribution in [-0.4, -0.2) is 132 Å². The van der Waals surface area contributed by atoms with Gasteiger partial charge in [0.2, 0.25) is 5.91 Å². The van der Waals surface area contributed by atoms with Crippen LogP contribution in [0.1, 0.15) is 134 Å². The Labute approximate surface area is 438 Å². The van der Waals surface area contributed by atoms with E-state index in [1.807, 2.05) is 12.1 Å². The predicted octanol–water partition coefficient (Wildman–Crippen LogP) is 8.55. The maximum atomic E-state index is 15.2. The number of rotatable bonds is 9. The SMILES string of the molecule is CCn1c(-c2cc(N3CCN4CCCC[C@@H]4C3)cnc2C(C)C)c2c3cc(ccc31)-c1cc(CF)cc(c1)C[C@H](NC(=O)[C@H](C1CCCC1)N1CC[C@]3(CCNC3)C1)C(=O)N1CCC[C@H](N1)C(=O)OCC(C)(C)C2. The van der Waals surface area contributed by atoms with Gasteiger partial charge in [0.05, 0.1) is 35.9 Å². The van der Waals surface area contributed by atoms with E-state index >= 15 is 14.0 Å². The van der Waals surface area contributed by atoms with Crippen molar-refractivity contribution >= 4 is 34.4 Å². The lowest BCUT2D eigenvalue weighted by Crippen LogP contribution is -2.62. The third-order valence-electron chi connectivity index (χ3n) is 18.3. The van der Waals surface area contributed by atoms with Gasteiger partial charge in [-0.3, -0.25) is 34.2 Å². The van der Waals surface area contributed by atoms with Crippen molar-refractivity contribution in [1.82, 2.24) is 40.4 Å². The number of halogens is 1. The molecule has 1 saturated carbocycles. The van der Waals surface area contributed by atoms with Gasteiger partial charge in [-0.05, 0) is 154 Å². The Morgan fingerprint density at radius 2 is 1.77 bits per heavy atom. The number of hydrogen-bond donors (Lipinski definition) is 3. The smallest absolute Gasteiger partial charge is 0.324 e. The molecule has 0 unspecified atom stereocenters. The molecule has 3 N–H and O–H groups in total. The summed E-state index contributed by atoms with van der Waals surface area (Å²) in [6.07, 6.45) is 14.1. The summed E-state index contributed by atoms with van der Waals surface area (Å²) in [5.41, 5.74) is 12.8. The van der Waals surface area contributed by atoms with Crippen LogP contribution in [0, 0.1) is 16.7 Å². The van der Waals surface area contributed by atoms with Gasteiger partial charge in [0, 0.05) is 80.2 Å². The molecule has 1 spiro atoms. The number of alkyl halides is 1. The predicted molar refractivity (Wildman–Crippen MR) is 290 cm³/mol. The number of aryl methyl sites for hydroxylation is 1. The van der Waals surface area contributed by atoms with Crippen LogP contribution in [0.25, 0.3) is 33.3 Å². The lowest BCUT2D eigenvalue weighted by atomic mass is 9.83. The summed E-state index contributed by atoms with van der Waals surface area (Å²) in [6, 6.07) is 13.4. The van der Waals surface area contributed by atoms with Gasteiger partial charge in [0.1, 0.15) is 18.8 Å². The number of carbonyl (C=O) groups is 3. The number of pyridine rings is 1. The number of esters is 1. The number of cyclic esters (lactones) is 1. The number of piperazine rings is 1. The number of fused-ring (bicyclic) bond motifs is 7. The van der Waals surface area contributed by atoms with Crippen LogP contribution in [0.4, 0.5) is 10.1 Å². The molecule has 6 bridgehead atoms. The average Bonchev–Trinajstić information content (AvgIpc) is 4.25. The van der Waals surface area contributed by atoms with E-state index in [0.717, 1.165) is 141 Å². The standard InChI is InChI=1S/C60H82FN9O4/c1-6-69-52-17-16-43-30-47(52)49(55(69)48-31-46(34-63-53(48)39(2)3)67-25-24-66-21-10-9-14-45(66)35-67)32-59(4,5)38-74-58(73)50-15-11-22-70(65-50)57(72)51(29-40-26-41(33-61)28-44(43)27-40)64-56(71)54(42-12-7-8-13-42)68-23-19-60(37-68)18-20-62-36-60/h16-17,26-28,30-31,34,39,42,45,50-51,54,62,65H,6-15,18-25,29,32-33,35-38H2,1-5H3,(H,64,71)/t45-,50+,51+,54+,60+/m1/s1. The molecule has 398 valence electrons. The van der Waals surface area contributed by atoms with Crippen LogP contribution in [0.15, 0.2) is 48.7 Å². The summed E-state index contributed by atoms with van der Waals surface area (Å²) in [5, 5.41) is 9.56. The largest absolute Gasteiger partial charge is 0.464 e. The normalized spacial score (nSPS) is 26.7. The van der Waals surface area contributed by atoms with Crippen molar-refractivity contribution in [3.63, 3.8) is 0 Å². The number of carbonyl (C=O) groups excluding carboxylic acids is 3. The van der Waals surface area contributed by atoms with Crippen molar-refractivity contribution in [2.24, 2.45) is 16.7 Å². The molecule has 11 rings (SSSR count). The lowest BCUT2D eigenvalue weighted by molar-refractivity contribution is -0.155. The fourth-order valence-electron chi connectivity index (χ4n) is 14.4. The minimum Gasteiger partial charge on any atom is -0.464 e. The number of nitrogens with one attached hydrogen (secondary N) is 3. The number of ether oxygens (including phenoxy) is 1. The molecule has 2 amide bonds. The van der Waals surface area contributed by atoms with Crippen LogP contribution in [0.3, 0.4) is 0 Å². The molecular formula is C60H82FN9O4. The van der Waals surface area contributed by atoms with E-state index < -0.39 is 30.1 Å². The first-order chi connectivity index (χ1) is 35.8. The molecule has 74 heavy (non-hydrogen) atoms. The Morgan fingerprint density at radius 1 is 0.932 bits per heavy atom. The van der Waals surface area contributed by atoms with Gasteiger partial charge in [-0.1, -0.05) is 65.2 Å². The number of piperidine rings is 1. The highest BCUT2D eigenvalue weighted by Crippen LogP contribution is 2.44. The fraction of sp³-hybridized carbons (Fsp3) is 0.633. The van der Waals surface area contributed by atoms with Gasteiger partial charge in [-0.25, -0.2) is 9.82 Å². The van der Waals surface area contributed by atoms with Gasteiger partial charge in [-0.15, -0.1) is 0 Å². The Hall–Kier alpha value is -4.89. The van der Waals surface area contributed by atoms with Gasteiger partial charge < -0.3 is 24.8 Å². The molecule has 6 aliphatic heterocycles. The second-order valence-corrected chi connectivity index (χ2v) is 24.6. The van der Waals surface area contributed by atoms with Crippen molar-refractivity contribution in [2.75, 3.05) is 70.4 Å². The van der Waals surface area contributed by atoms with Crippen LogP contribution < -0.4 is 21.0 Å². The molecule has 6 fully saturated rings. The minimum absolute atomic E-state index is 0.111. The van der Waals surface area contributed by atoms with E-state index in [-0.39, 0.29) is 48.1 Å². The number of benzene rings is 2. The third-order valence-corrected chi connectivity index (χ3v) is 18.3. The molecule has 14 heteroatoms. The Bertz CT molecular complexity index is 2720. The first-order valence-corrected chi connectivity index (χ1v) is 28.6. The maximum Gasteiger partial charge on any atom is 0.324 e. The van der Waals surface area contributed by atoms with E-state index in [2.05, 4.69) is 106 Å². The summed E-state index contributed by atoms with van der Waals surface area (Å²) in [4.78, 5) is 57.3. The van der Waals surface area contributed by atoms with Crippen LogP contribution in [0.5, 0.6) is 0 Å². The quantitative estimate of drug-likeness (QED) is 0.141. The molecule has 8 heterocycles. The Morgan fingerprint density at radius 3 is 2.55 bits per heavy atom. The zero-order valence-corrected chi connectivity index (χ0v) is 45.0. The molecule has 13 nitrogen and oxygen atoms in total. The van der Waals surface area contributed by atoms with Crippen molar-refractivity contribution in [3.05, 3.63) is 71.0 Å². The molecule has 0 radical (unpaired) electrons. The van der Waals surface area contributed by atoms with Crippen molar-refractivity contribution in [2.45, 2.75) is 161 Å². The highest BCUT2D eigenvalue weighted by Gasteiger charge is 2.47. The van der Waals surface area contributed by atoms with Crippen LogP contribution in [-0.2, 0) is 45.2 Å². The fourth-order valence-corrected chi connectivity index (χ4v) is 14.4. The Kier molecular flexibility index (Phi) is 14.7. The molecule has 2 aromatic heterocycles. The minimum atomic E-state index is -0.958. The van der Waals surface area contributed by atoms with E-state index in [1.54, 1.807) is 0 Å². The van der Waals surface area contributed by atoms with E-state index in [4.69, 9.17) is 9.72 Å². The molecular weight excluding hydrogens is 930 g/mol. The number of nitrogens with zero attached hydrogens (tertiary/aromatic N) is 6. The van der Waals surface area contributed by atoms with E-state index in [0.29, 0.717) is 37.4 Å². The topological polar surface area (TPSA) is 127 Å². The summed E-state index contributed by atoms with van der Waals surface area (Å²) in [6.45, 7) is 19.6. The van der Waals surface area contributed by atoms with Gasteiger partial charge >= 0.3 is 5.97 Å². The number of amides is 2. The van der Waals surface area contributed by atoms with E-state index in [1.165, 1.54) is 36.4 Å². The zero-order chi connectivity index (χ0) is 51.3. The van der Waals surface area contributed by atoms with Gasteiger partial charge in [0.25, 0.3) is 5.91 Å². The summed E-state index contributed by atoms with van der Waals surface area (Å²) >= 11 is 0. The second-order valence-electron chi connectivity index (χ2n) is 24.6. The summed E-state index contributed by atoms with van der Waals surface area (Å²) in [5.74, 6) is -0.431. The number of hydrogen-bond acceptors (Lipinski definition) is 10. The van der Waals surface area contributed by atoms with Crippen molar-refractivity contribution in [1.29, 1.82) is 0 Å². The zero-order valence-electron chi connectivity index (χ0n) is 45.0. The number of hydrazine groups is 1. The van der Waals surface area contributed by atoms with Gasteiger partial charge in [-0.2, -0.15) is 0 Å². The van der Waals surface area contributed by atoms with E-state index in [9.17, 15) is 4.79 Å². The summed E-state index contributed by atoms with van der Waals surface area (Å²) < 4.78 is 24.0.